The molecule has 102 valence electrons. The number of benzene rings is 1. The summed E-state index contributed by atoms with van der Waals surface area (Å²) in [6.07, 6.45) is -4.59. The average molecular weight is 289 g/mol. The van der Waals surface area contributed by atoms with E-state index in [2.05, 4.69) is 21.9 Å². The number of carbonyl (C=O) groups is 1. The molecule has 1 unspecified atom stereocenters. The van der Waals surface area contributed by atoms with Crippen LogP contribution >= 0.6 is 12.2 Å². The standard InChI is InChI=1S/C12H10F3NO2S/c1-7(11(17)18-2)8-4-3-5-9(12(13,14)15)10(8)16-6-19/h3-5,7H,1-2H3. The van der Waals surface area contributed by atoms with E-state index in [1.807, 2.05) is 5.16 Å². The van der Waals surface area contributed by atoms with Crippen LogP contribution in [0.15, 0.2) is 23.2 Å². The Hall–Kier alpha value is -1.72. The molecule has 0 heterocycles. The second-order valence-corrected chi connectivity index (χ2v) is 3.87. The zero-order valence-corrected chi connectivity index (χ0v) is 10.9. The third kappa shape index (κ3) is 3.39. The van der Waals surface area contributed by atoms with E-state index in [-0.39, 0.29) is 5.56 Å². The minimum atomic E-state index is -4.59. The number of ether oxygens (including phenoxy) is 1. The van der Waals surface area contributed by atoms with Crippen molar-refractivity contribution < 1.29 is 22.7 Å². The third-order valence-corrected chi connectivity index (χ3v) is 2.64. The highest BCUT2D eigenvalue weighted by atomic mass is 32.1. The second-order valence-electron chi connectivity index (χ2n) is 3.69. The summed E-state index contributed by atoms with van der Waals surface area (Å²) >= 11 is 4.36. The molecule has 0 saturated heterocycles. The predicted molar refractivity (Wildman–Crippen MR) is 66.6 cm³/mol. The fraction of sp³-hybridized carbons (Fsp3) is 0.333. The monoisotopic (exact) mass is 289 g/mol. The molecule has 1 aromatic carbocycles. The van der Waals surface area contributed by atoms with E-state index >= 15 is 0 Å². The molecule has 0 amide bonds. The minimum absolute atomic E-state index is 0.0963. The summed E-state index contributed by atoms with van der Waals surface area (Å²) in [6.45, 7) is 1.43. The molecule has 0 aliphatic rings. The largest absolute Gasteiger partial charge is 0.469 e. The Morgan fingerprint density at radius 1 is 1.47 bits per heavy atom. The summed E-state index contributed by atoms with van der Waals surface area (Å²) in [5.41, 5.74) is -1.26. The van der Waals surface area contributed by atoms with Gasteiger partial charge in [0.05, 0.1) is 29.4 Å². The molecule has 0 aromatic heterocycles. The number of isothiocyanates is 1. The van der Waals surface area contributed by atoms with Gasteiger partial charge in [0, 0.05) is 0 Å². The van der Waals surface area contributed by atoms with Crippen LogP contribution in [-0.2, 0) is 15.7 Å². The normalized spacial score (nSPS) is 12.5. The number of alkyl halides is 3. The number of thiocarbonyl (C=S) groups is 1. The van der Waals surface area contributed by atoms with Gasteiger partial charge in [-0.1, -0.05) is 12.1 Å². The van der Waals surface area contributed by atoms with Crippen molar-refractivity contribution in [1.82, 2.24) is 0 Å². The number of para-hydroxylation sites is 1. The lowest BCUT2D eigenvalue weighted by atomic mass is 9.96. The van der Waals surface area contributed by atoms with E-state index in [0.717, 1.165) is 13.2 Å². The first-order valence-electron chi connectivity index (χ1n) is 5.18. The van der Waals surface area contributed by atoms with E-state index in [9.17, 15) is 18.0 Å². The maximum absolute atomic E-state index is 12.9. The molecule has 0 aliphatic heterocycles. The van der Waals surface area contributed by atoms with Gasteiger partial charge in [-0.2, -0.15) is 18.2 Å². The van der Waals surface area contributed by atoms with Gasteiger partial charge in [0.25, 0.3) is 0 Å². The smallest absolute Gasteiger partial charge is 0.418 e. The van der Waals surface area contributed by atoms with E-state index < -0.39 is 29.3 Å². The molecule has 1 atom stereocenters. The molecule has 0 spiro atoms. The van der Waals surface area contributed by atoms with Gasteiger partial charge >= 0.3 is 12.1 Å². The Balaban J connectivity index is 3.49. The predicted octanol–water partition coefficient (Wildman–Crippen LogP) is 3.72. The van der Waals surface area contributed by atoms with Crippen LogP contribution in [0.5, 0.6) is 0 Å². The van der Waals surface area contributed by atoms with Crippen molar-refractivity contribution in [2.75, 3.05) is 7.11 Å². The third-order valence-electron chi connectivity index (χ3n) is 2.55. The highest BCUT2D eigenvalue weighted by Gasteiger charge is 2.35. The zero-order valence-electron chi connectivity index (χ0n) is 10.1. The number of halogens is 3. The maximum atomic E-state index is 12.9. The van der Waals surface area contributed by atoms with Crippen LogP contribution < -0.4 is 0 Å². The number of rotatable bonds is 3. The summed E-state index contributed by atoms with van der Waals surface area (Å²) in [6, 6.07) is 3.46. The molecule has 0 N–H and O–H groups in total. The van der Waals surface area contributed by atoms with E-state index in [0.29, 0.717) is 0 Å². The van der Waals surface area contributed by atoms with Crippen molar-refractivity contribution in [3.05, 3.63) is 29.3 Å². The van der Waals surface area contributed by atoms with Crippen LogP contribution in [0, 0.1) is 0 Å². The molecule has 0 fully saturated rings. The first-order valence-corrected chi connectivity index (χ1v) is 5.59. The Kier molecular flexibility index (Phi) is 4.80. The minimum Gasteiger partial charge on any atom is -0.469 e. The lowest BCUT2D eigenvalue weighted by molar-refractivity contribution is -0.142. The number of nitrogens with zero attached hydrogens (tertiary/aromatic N) is 1. The molecule has 7 heteroatoms. The second kappa shape index (κ2) is 5.95. The molecular formula is C12H10F3NO2S. The molecule has 0 bridgehead atoms. The highest BCUT2D eigenvalue weighted by molar-refractivity contribution is 7.78. The summed E-state index contributed by atoms with van der Waals surface area (Å²) in [4.78, 5) is 14.9. The van der Waals surface area contributed by atoms with Crippen molar-refractivity contribution in [3.63, 3.8) is 0 Å². The number of esters is 1. The molecule has 3 nitrogen and oxygen atoms in total. The van der Waals surface area contributed by atoms with Crippen LogP contribution in [0.4, 0.5) is 18.9 Å². The van der Waals surface area contributed by atoms with Gasteiger partial charge in [-0.25, -0.2) is 0 Å². The molecule has 0 saturated carbocycles. The van der Waals surface area contributed by atoms with Crippen molar-refractivity contribution in [2.45, 2.75) is 19.0 Å². The maximum Gasteiger partial charge on any atom is 0.418 e. The van der Waals surface area contributed by atoms with Crippen molar-refractivity contribution in [1.29, 1.82) is 0 Å². The van der Waals surface area contributed by atoms with Crippen LogP contribution in [0.25, 0.3) is 0 Å². The number of hydrogen-bond acceptors (Lipinski definition) is 4. The molecule has 1 aromatic rings. The topological polar surface area (TPSA) is 38.7 Å². The summed E-state index contributed by atoms with van der Waals surface area (Å²) in [7, 11) is 1.16. The Morgan fingerprint density at radius 2 is 2.11 bits per heavy atom. The lowest BCUT2D eigenvalue weighted by Crippen LogP contribution is -2.13. The van der Waals surface area contributed by atoms with Crippen LogP contribution in [0.2, 0.25) is 0 Å². The molecule has 0 radical (unpaired) electrons. The van der Waals surface area contributed by atoms with Gasteiger partial charge in [0.15, 0.2) is 0 Å². The summed E-state index contributed by atoms with van der Waals surface area (Å²) in [5.74, 6) is -1.53. The van der Waals surface area contributed by atoms with Gasteiger partial charge in [-0.3, -0.25) is 4.79 Å². The highest BCUT2D eigenvalue weighted by Crippen LogP contribution is 2.40. The number of hydrogen-bond donors (Lipinski definition) is 0. The fourth-order valence-corrected chi connectivity index (χ4v) is 1.70. The number of aliphatic imine (C=N–C) groups is 1. The van der Waals surface area contributed by atoms with Crippen molar-refractivity contribution in [2.24, 2.45) is 4.99 Å². The first kappa shape index (κ1) is 15.3. The number of carbonyl (C=O) groups excluding carboxylic acids is 1. The summed E-state index contributed by atoms with van der Waals surface area (Å²) in [5, 5.41) is 1.90. The van der Waals surface area contributed by atoms with E-state index in [1.165, 1.54) is 19.1 Å². The lowest BCUT2D eigenvalue weighted by Gasteiger charge is -2.16. The van der Waals surface area contributed by atoms with Gasteiger partial charge in [0.1, 0.15) is 0 Å². The first-order chi connectivity index (χ1) is 8.82. The quantitative estimate of drug-likeness (QED) is 0.483. The SMILES string of the molecule is COC(=O)C(C)c1cccc(C(F)(F)F)c1N=C=S. The fourth-order valence-electron chi connectivity index (χ4n) is 1.61. The van der Waals surface area contributed by atoms with Gasteiger partial charge in [-0.05, 0) is 30.8 Å². The Bertz CT molecular complexity index is 536. The molecule has 1 rings (SSSR count). The zero-order chi connectivity index (χ0) is 14.6. The van der Waals surface area contributed by atoms with Crippen molar-refractivity contribution >= 4 is 29.0 Å². The Labute approximate surface area is 113 Å². The van der Waals surface area contributed by atoms with Gasteiger partial charge in [0.2, 0.25) is 0 Å². The van der Waals surface area contributed by atoms with Crippen LogP contribution in [0.3, 0.4) is 0 Å². The molecule has 0 aliphatic carbocycles. The van der Waals surface area contributed by atoms with Crippen LogP contribution in [-0.4, -0.2) is 18.2 Å². The van der Waals surface area contributed by atoms with Gasteiger partial charge in [-0.15, -0.1) is 0 Å². The molecular weight excluding hydrogens is 279 g/mol. The number of methoxy groups -OCH3 is 1. The van der Waals surface area contributed by atoms with Crippen LogP contribution in [0.1, 0.15) is 24.0 Å². The average Bonchev–Trinajstić information content (AvgIpc) is 2.36. The summed E-state index contributed by atoms with van der Waals surface area (Å²) < 4.78 is 43.1. The van der Waals surface area contributed by atoms with Crippen molar-refractivity contribution in [3.8, 4) is 0 Å². The van der Waals surface area contributed by atoms with E-state index in [1.54, 1.807) is 0 Å². The Morgan fingerprint density at radius 3 is 2.58 bits per heavy atom. The molecule has 19 heavy (non-hydrogen) atoms. The van der Waals surface area contributed by atoms with E-state index in [4.69, 9.17) is 0 Å². The van der Waals surface area contributed by atoms with Gasteiger partial charge < -0.3 is 4.74 Å².